The van der Waals surface area contributed by atoms with E-state index < -0.39 is 23.0 Å². The van der Waals surface area contributed by atoms with Gasteiger partial charge in [0, 0.05) is 9.26 Å². The lowest BCUT2D eigenvalue weighted by atomic mass is 10.2. The summed E-state index contributed by atoms with van der Waals surface area (Å²) in [5.74, 6) is -0.573. The summed E-state index contributed by atoms with van der Waals surface area (Å²) in [6.45, 7) is -0.381. The maximum Gasteiger partial charge on any atom is 0.343 e. The number of hydrogen-bond donors (Lipinski definition) is 1. The molecule has 0 radical (unpaired) electrons. The van der Waals surface area contributed by atoms with Crippen molar-refractivity contribution in [1.82, 2.24) is 4.90 Å². The van der Waals surface area contributed by atoms with Crippen LogP contribution in [0.15, 0.2) is 77.7 Å². The molecule has 0 atom stereocenters. The molecule has 0 saturated carbocycles. The fraction of sp³-hybridized carbons (Fsp3) is 0.0769. The normalized spacial score (nSPS) is 14.2. The number of carbonyl (C=O) groups excluding carboxylic acids is 4. The van der Waals surface area contributed by atoms with Crippen molar-refractivity contribution < 1.29 is 28.7 Å². The quantitative estimate of drug-likeness (QED) is 0.169. The highest BCUT2D eigenvalue weighted by atomic mass is 127. The molecule has 36 heavy (non-hydrogen) atoms. The van der Waals surface area contributed by atoms with Crippen molar-refractivity contribution in [2.75, 3.05) is 19.0 Å². The number of anilines is 1. The number of methoxy groups -OCH3 is 1. The molecule has 1 N–H and O–H groups in total. The van der Waals surface area contributed by atoms with Gasteiger partial charge >= 0.3 is 5.97 Å². The Morgan fingerprint density at radius 1 is 0.944 bits per heavy atom. The zero-order chi connectivity index (χ0) is 25.7. The van der Waals surface area contributed by atoms with Crippen molar-refractivity contribution in [2.45, 2.75) is 0 Å². The zero-order valence-electron chi connectivity index (χ0n) is 18.9. The van der Waals surface area contributed by atoms with Crippen LogP contribution in [0.3, 0.4) is 0 Å². The number of nitrogens with zero attached hydrogens (tertiary/aromatic N) is 1. The average Bonchev–Trinajstić information content (AvgIpc) is 3.13. The monoisotopic (exact) mass is 614 g/mol. The van der Waals surface area contributed by atoms with E-state index in [4.69, 9.17) is 9.47 Å². The Bertz CT molecular complexity index is 1340. The van der Waals surface area contributed by atoms with Crippen LogP contribution in [0.2, 0.25) is 0 Å². The Labute approximate surface area is 224 Å². The van der Waals surface area contributed by atoms with Gasteiger partial charge in [-0.2, -0.15) is 0 Å². The van der Waals surface area contributed by atoms with E-state index in [9.17, 15) is 19.2 Å². The molecule has 1 aliphatic heterocycles. The number of rotatable bonds is 7. The van der Waals surface area contributed by atoms with Gasteiger partial charge < -0.3 is 14.8 Å². The van der Waals surface area contributed by atoms with Crippen LogP contribution < -0.4 is 14.8 Å². The van der Waals surface area contributed by atoms with Crippen molar-refractivity contribution in [3.8, 4) is 11.5 Å². The maximum absolute atomic E-state index is 12.7. The number of amides is 3. The molecule has 0 unspecified atom stereocenters. The van der Waals surface area contributed by atoms with Gasteiger partial charge in [0.15, 0.2) is 0 Å². The predicted molar refractivity (Wildman–Crippen MR) is 145 cm³/mol. The van der Waals surface area contributed by atoms with Gasteiger partial charge in [-0.15, -0.1) is 0 Å². The van der Waals surface area contributed by atoms with E-state index in [1.54, 1.807) is 73.8 Å². The number of imide groups is 1. The first kappa shape index (κ1) is 25.5. The van der Waals surface area contributed by atoms with Crippen LogP contribution in [0, 0.1) is 3.57 Å². The molecule has 0 aliphatic carbocycles. The predicted octanol–water partition coefficient (Wildman–Crippen LogP) is 5.19. The number of nitrogens with one attached hydrogen (secondary N) is 1. The number of esters is 1. The van der Waals surface area contributed by atoms with Crippen molar-refractivity contribution in [3.05, 3.63) is 92.4 Å². The van der Waals surface area contributed by atoms with Gasteiger partial charge in [-0.25, -0.2) is 4.79 Å². The highest BCUT2D eigenvalue weighted by Gasteiger charge is 2.36. The number of hydrogen-bond acceptors (Lipinski definition) is 7. The third kappa shape index (κ3) is 6.32. The number of thioether (sulfide) groups is 1. The van der Waals surface area contributed by atoms with Gasteiger partial charge in [0.2, 0.25) is 5.91 Å². The number of carbonyl (C=O) groups is 4. The molecular weight excluding hydrogens is 595 g/mol. The van der Waals surface area contributed by atoms with Crippen LogP contribution in [-0.2, 0) is 9.59 Å². The molecule has 3 aromatic rings. The minimum absolute atomic E-state index is 0.199. The second kappa shape index (κ2) is 11.4. The number of benzene rings is 3. The first-order chi connectivity index (χ1) is 17.3. The van der Waals surface area contributed by atoms with E-state index in [0.717, 1.165) is 20.2 Å². The smallest absolute Gasteiger partial charge is 0.343 e. The molecule has 3 aromatic carbocycles. The van der Waals surface area contributed by atoms with E-state index in [-0.39, 0.29) is 11.4 Å². The minimum atomic E-state index is -0.544. The third-order valence-electron chi connectivity index (χ3n) is 5.02. The van der Waals surface area contributed by atoms with Gasteiger partial charge in [-0.3, -0.25) is 19.3 Å². The highest BCUT2D eigenvalue weighted by molar-refractivity contribution is 14.1. The van der Waals surface area contributed by atoms with Crippen LogP contribution in [0.5, 0.6) is 11.5 Å². The van der Waals surface area contributed by atoms with Crippen LogP contribution in [-0.4, -0.2) is 41.6 Å². The summed E-state index contributed by atoms with van der Waals surface area (Å²) in [7, 11) is 1.54. The Morgan fingerprint density at radius 2 is 1.58 bits per heavy atom. The van der Waals surface area contributed by atoms with E-state index in [0.29, 0.717) is 28.3 Å². The minimum Gasteiger partial charge on any atom is -0.497 e. The molecule has 0 bridgehead atoms. The van der Waals surface area contributed by atoms with E-state index >= 15 is 0 Å². The zero-order valence-corrected chi connectivity index (χ0v) is 21.9. The van der Waals surface area contributed by atoms with Gasteiger partial charge in [0.25, 0.3) is 11.1 Å². The topological polar surface area (TPSA) is 102 Å². The lowest BCUT2D eigenvalue weighted by molar-refractivity contribution is -0.127. The van der Waals surface area contributed by atoms with E-state index in [1.807, 2.05) is 12.1 Å². The molecule has 0 aromatic heterocycles. The maximum atomic E-state index is 12.7. The Kier molecular flexibility index (Phi) is 8.06. The first-order valence-corrected chi connectivity index (χ1v) is 12.5. The molecule has 0 spiro atoms. The molecule has 1 heterocycles. The van der Waals surface area contributed by atoms with Crippen molar-refractivity contribution >= 4 is 69.1 Å². The summed E-state index contributed by atoms with van der Waals surface area (Å²) < 4.78 is 11.5. The summed E-state index contributed by atoms with van der Waals surface area (Å²) in [6.07, 6.45) is 1.55. The summed E-state index contributed by atoms with van der Waals surface area (Å²) in [6, 6.07) is 20.2. The molecule has 1 aliphatic rings. The second-order valence-electron chi connectivity index (χ2n) is 7.51. The molecule has 4 rings (SSSR count). The van der Waals surface area contributed by atoms with Crippen LogP contribution in [0.4, 0.5) is 10.5 Å². The Hall–Kier alpha value is -3.64. The Morgan fingerprint density at radius 3 is 2.22 bits per heavy atom. The number of ether oxygens (including phenoxy) is 2. The number of halogens is 1. The molecule has 10 heteroatoms. The molecule has 1 fully saturated rings. The van der Waals surface area contributed by atoms with Crippen molar-refractivity contribution in [1.29, 1.82) is 0 Å². The second-order valence-corrected chi connectivity index (χ2v) is 9.75. The third-order valence-corrected chi connectivity index (χ3v) is 6.64. The van der Waals surface area contributed by atoms with E-state index in [1.165, 1.54) is 0 Å². The molecular formula is C26H19IN2O6S. The highest BCUT2D eigenvalue weighted by Crippen LogP contribution is 2.32. The summed E-state index contributed by atoms with van der Waals surface area (Å²) in [5.41, 5.74) is 1.59. The lowest BCUT2D eigenvalue weighted by Crippen LogP contribution is -2.36. The van der Waals surface area contributed by atoms with Crippen LogP contribution >= 0.6 is 34.4 Å². The SMILES string of the molecule is COc1ccc(C(=O)Oc2ccc(/C=C3/SC(=O)N(CC(=O)Nc4ccc(I)cc4)C3=O)cc2)cc1. The van der Waals surface area contributed by atoms with Gasteiger partial charge in [-0.1, -0.05) is 12.1 Å². The first-order valence-electron chi connectivity index (χ1n) is 10.6. The summed E-state index contributed by atoms with van der Waals surface area (Å²) in [4.78, 5) is 50.8. The van der Waals surface area contributed by atoms with Gasteiger partial charge in [-0.05, 0) is 107 Å². The van der Waals surface area contributed by atoms with Crippen molar-refractivity contribution in [3.63, 3.8) is 0 Å². The fourth-order valence-electron chi connectivity index (χ4n) is 3.19. The van der Waals surface area contributed by atoms with E-state index in [2.05, 4.69) is 27.9 Å². The van der Waals surface area contributed by atoms with Crippen LogP contribution in [0.1, 0.15) is 15.9 Å². The summed E-state index contributed by atoms with van der Waals surface area (Å²) in [5, 5.41) is 2.16. The van der Waals surface area contributed by atoms with Crippen LogP contribution in [0.25, 0.3) is 6.08 Å². The lowest BCUT2D eigenvalue weighted by Gasteiger charge is -2.12. The molecule has 182 valence electrons. The largest absolute Gasteiger partial charge is 0.497 e. The summed E-state index contributed by atoms with van der Waals surface area (Å²) >= 11 is 2.92. The standard InChI is InChI=1S/C26H19IN2O6S/c1-34-20-12-4-17(5-13-20)25(32)35-21-10-2-16(3-11-21)14-22-24(31)29(26(33)36-22)15-23(30)28-19-8-6-18(27)7-9-19/h2-14H,15H2,1H3,(H,28,30)/b22-14+. The van der Waals surface area contributed by atoms with Gasteiger partial charge in [0.1, 0.15) is 18.0 Å². The molecule has 8 nitrogen and oxygen atoms in total. The van der Waals surface area contributed by atoms with Gasteiger partial charge in [0.05, 0.1) is 17.6 Å². The molecule has 3 amide bonds. The fourth-order valence-corrected chi connectivity index (χ4v) is 4.39. The average molecular weight is 614 g/mol. The van der Waals surface area contributed by atoms with Crippen molar-refractivity contribution in [2.24, 2.45) is 0 Å². The molecule has 1 saturated heterocycles. The Balaban J connectivity index is 1.36.